The number of ketones is 1. The second kappa shape index (κ2) is 9.14. The van der Waals surface area contributed by atoms with Gasteiger partial charge in [0.05, 0.1) is 16.7 Å². The van der Waals surface area contributed by atoms with Crippen LogP contribution in [0.15, 0.2) is 23.3 Å². The predicted octanol–water partition coefficient (Wildman–Crippen LogP) is 5.22. The zero-order valence-electron chi connectivity index (χ0n) is 17.6. The average Bonchev–Trinajstić information content (AvgIpc) is 2.93. The van der Waals surface area contributed by atoms with Gasteiger partial charge in [-0.3, -0.25) is 9.59 Å². The number of aromatic hydroxyl groups is 2. The molecule has 0 aliphatic carbocycles. The Kier molecular flexibility index (Phi) is 7.30. The van der Waals surface area contributed by atoms with E-state index in [1.807, 2.05) is 19.9 Å². The quantitative estimate of drug-likeness (QED) is 0.466. The van der Waals surface area contributed by atoms with E-state index in [0.717, 1.165) is 24.0 Å². The molecule has 1 fully saturated rings. The number of allylic oxidation sites excluding steroid dienone is 3. The molecule has 158 valence electrons. The lowest BCUT2D eigenvalue weighted by Crippen LogP contribution is -2.27. The molecule has 2 N–H and O–H groups in total. The summed E-state index contributed by atoms with van der Waals surface area (Å²) in [6, 6.07) is 0. The molecular weight excluding hydrogens is 392 g/mol. The van der Waals surface area contributed by atoms with Crippen molar-refractivity contribution in [2.24, 2.45) is 0 Å². The molecule has 0 aromatic heterocycles. The average molecular weight is 421 g/mol. The highest BCUT2D eigenvalue weighted by Gasteiger charge is 2.40. The SMILES string of the molecule is CC(=CCc1c(O)c(Cl)c(C)c(C=O)c1O)CCC=C(C)[C@@H]1CC(=O)C(C)(C)O1. The van der Waals surface area contributed by atoms with Gasteiger partial charge in [0.15, 0.2) is 12.1 Å². The van der Waals surface area contributed by atoms with Crippen LogP contribution in [0.1, 0.15) is 68.4 Å². The summed E-state index contributed by atoms with van der Waals surface area (Å²) in [7, 11) is 0. The van der Waals surface area contributed by atoms with Crippen LogP contribution in [0.5, 0.6) is 11.5 Å². The van der Waals surface area contributed by atoms with E-state index in [2.05, 4.69) is 6.08 Å². The zero-order chi connectivity index (χ0) is 21.9. The summed E-state index contributed by atoms with van der Waals surface area (Å²) in [5.74, 6) is -0.306. The summed E-state index contributed by atoms with van der Waals surface area (Å²) in [6.45, 7) is 9.12. The Hall–Kier alpha value is -2.11. The Morgan fingerprint density at radius 1 is 1.24 bits per heavy atom. The molecule has 1 aromatic carbocycles. The van der Waals surface area contributed by atoms with Crippen molar-refractivity contribution >= 4 is 23.7 Å². The first-order valence-electron chi connectivity index (χ1n) is 9.71. The third kappa shape index (κ3) is 5.09. The molecule has 1 aliphatic rings. The van der Waals surface area contributed by atoms with Crippen LogP contribution in [0.3, 0.4) is 0 Å². The van der Waals surface area contributed by atoms with Gasteiger partial charge in [0.2, 0.25) is 0 Å². The highest BCUT2D eigenvalue weighted by atomic mass is 35.5. The monoisotopic (exact) mass is 420 g/mol. The molecule has 2 rings (SSSR count). The molecular formula is C23H29ClO5. The van der Waals surface area contributed by atoms with Crippen LogP contribution in [-0.2, 0) is 16.0 Å². The molecule has 0 radical (unpaired) electrons. The van der Waals surface area contributed by atoms with Gasteiger partial charge in [-0.1, -0.05) is 29.3 Å². The predicted molar refractivity (Wildman–Crippen MR) is 114 cm³/mol. The molecule has 1 saturated heterocycles. The fourth-order valence-electron chi connectivity index (χ4n) is 3.39. The van der Waals surface area contributed by atoms with Gasteiger partial charge in [-0.25, -0.2) is 0 Å². The van der Waals surface area contributed by atoms with Crippen molar-refractivity contribution < 1.29 is 24.5 Å². The van der Waals surface area contributed by atoms with Crippen LogP contribution in [0.25, 0.3) is 0 Å². The first-order chi connectivity index (χ1) is 13.5. The topological polar surface area (TPSA) is 83.8 Å². The first-order valence-corrected chi connectivity index (χ1v) is 10.1. The van der Waals surface area contributed by atoms with Crippen LogP contribution >= 0.6 is 11.6 Å². The Labute approximate surface area is 177 Å². The molecule has 0 amide bonds. The van der Waals surface area contributed by atoms with Crippen molar-refractivity contribution in [2.45, 2.75) is 72.0 Å². The van der Waals surface area contributed by atoms with Gasteiger partial charge < -0.3 is 14.9 Å². The highest BCUT2D eigenvalue weighted by Crippen LogP contribution is 2.40. The van der Waals surface area contributed by atoms with Gasteiger partial charge in [0.25, 0.3) is 0 Å². The van der Waals surface area contributed by atoms with Crippen LogP contribution in [0, 0.1) is 6.92 Å². The number of halogens is 1. The van der Waals surface area contributed by atoms with Crippen molar-refractivity contribution in [2.75, 3.05) is 0 Å². The first kappa shape index (κ1) is 23.2. The van der Waals surface area contributed by atoms with Gasteiger partial charge in [0.1, 0.15) is 17.1 Å². The van der Waals surface area contributed by atoms with Crippen molar-refractivity contribution in [3.63, 3.8) is 0 Å². The van der Waals surface area contributed by atoms with E-state index in [1.165, 1.54) is 0 Å². The fraction of sp³-hybridized carbons (Fsp3) is 0.478. The zero-order valence-corrected chi connectivity index (χ0v) is 18.4. The van der Waals surface area contributed by atoms with Gasteiger partial charge in [-0.2, -0.15) is 0 Å². The molecule has 1 heterocycles. The second-order valence-corrected chi connectivity index (χ2v) is 8.51. The number of Topliss-reactive ketones (excluding diaryl/α,β-unsaturated/α-hetero) is 1. The number of carbonyl (C=O) groups excluding carboxylic acids is 2. The summed E-state index contributed by atoms with van der Waals surface area (Å²) in [6.07, 6.45) is 6.61. The smallest absolute Gasteiger partial charge is 0.167 e. The largest absolute Gasteiger partial charge is 0.507 e. The number of rotatable bonds is 7. The van der Waals surface area contributed by atoms with E-state index in [9.17, 15) is 19.8 Å². The molecule has 6 heteroatoms. The number of phenols is 2. The lowest BCUT2D eigenvalue weighted by molar-refractivity contribution is -0.129. The molecule has 0 bridgehead atoms. The summed E-state index contributed by atoms with van der Waals surface area (Å²) < 4.78 is 5.83. The third-order valence-corrected chi connectivity index (χ3v) is 5.99. The van der Waals surface area contributed by atoms with Crippen molar-refractivity contribution in [3.05, 3.63) is 45.0 Å². The molecule has 0 spiro atoms. The molecule has 29 heavy (non-hydrogen) atoms. The number of benzene rings is 1. The summed E-state index contributed by atoms with van der Waals surface area (Å²) in [5.41, 5.74) is 2.11. The van der Waals surface area contributed by atoms with E-state index in [0.29, 0.717) is 18.3 Å². The summed E-state index contributed by atoms with van der Waals surface area (Å²) >= 11 is 6.08. The van der Waals surface area contributed by atoms with Crippen molar-refractivity contribution in [1.82, 2.24) is 0 Å². The molecule has 1 atom stereocenters. The van der Waals surface area contributed by atoms with E-state index in [-0.39, 0.29) is 46.0 Å². The van der Waals surface area contributed by atoms with Crippen LogP contribution in [0.2, 0.25) is 5.02 Å². The van der Waals surface area contributed by atoms with Gasteiger partial charge in [-0.05, 0) is 65.0 Å². The Morgan fingerprint density at radius 3 is 2.45 bits per heavy atom. The van der Waals surface area contributed by atoms with Gasteiger partial charge in [-0.15, -0.1) is 0 Å². The molecule has 1 aromatic rings. The van der Waals surface area contributed by atoms with E-state index in [4.69, 9.17) is 16.3 Å². The Bertz CT molecular complexity index is 880. The number of phenolic OH excluding ortho intramolecular Hbond substituents is 2. The van der Waals surface area contributed by atoms with Crippen LogP contribution in [0.4, 0.5) is 0 Å². The lowest BCUT2D eigenvalue weighted by Gasteiger charge is -2.18. The maximum atomic E-state index is 11.9. The number of carbonyl (C=O) groups is 2. The van der Waals surface area contributed by atoms with Crippen molar-refractivity contribution in [3.8, 4) is 11.5 Å². The normalized spacial score (nSPS) is 19.7. The number of ether oxygens (including phenoxy) is 1. The number of hydrogen-bond acceptors (Lipinski definition) is 5. The minimum atomic E-state index is -0.713. The summed E-state index contributed by atoms with van der Waals surface area (Å²) in [5, 5.41) is 20.6. The Morgan fingerprint density at radius 2 is 1.90 bits per heavy atom. The number of aldehydes is 1. The Balaban J connectivity index is 2.02. The van der Waals surface area contributed by atoms with Gasteiger partial charge in [0, 0.05) is 12.0 Å². The number of hydrogen-bond donors (Lipinski definition) is 2. The van der Waals surface area contributed by atoms with E-state index >= 15 is 0 Å². The molecule has 5 nitrogen and oxygen atoms in total. The standard InChI is InChI=1S/C23H29ClO5/c1-13(7-6-8-14(2)18-11-19(26)23(4,5)29-18)9-10-16-21(27)17(12-25)15(3)20(24)22(16)28/h8-9,12,18,27-28H,6-7,10-11H2,1-5H3/t18-/m0/s1. The molecule has 0 unspecified atom stereocenters. The molecule has 0 saturated carbocycles. The van der Waals surface area contributed by atoms with Crippen LogP contribution < -0.4 is 0 Å². The maximum Gasteiger partial charge on any atom is 0.167 e. The minimum Gasteiger partial charge on any atom is -0.507 e. The van der Waals surface area contributed by atoms with Crippen LogP contribution in [-0.4, -0.2) is 34.0 Å². The minimum absolute atomic E-state index is 0.0820. The summed E-state index contributed by atoms with van der Waals surface area (Å²) in [4.78, 5) is 23.1. The highest BCUT2D eigenvalue weighted by molar-refractivity contribution is 6.33. The lowest BCUT2D eigenvalue weighted by atomic mass is 9.98. The van der Waals surface area contributed by atoms with E-state index in [1.54, 1.807) is 20.8 Å². The third-order valence-electron chi connectivity index (χ3n) is 5.53. The van der Waals surface area contributed by atoms with Gasteiger partial charge >= 0.3 is 0 Å². The second-order valence-electron chi connectivity index (χ2n) is 8.13. The molecule has 1 aliphatic heterocycles. The maximum absolute atomic E-state index is 11.9. The van der Waals surface area contributed by atoms with Crippen molar-refractivity contribution in [1.29, 1.82) is 0 Å². The fourth-order valence-corrected chi connectivity index (χ4v) is 3.60. The van der Waals surface area contributed by atoms with E-state index < -0.39 is 5.60 Å².